The fourth-order valence-electron chi connectivity index (χ4n) is 2.18. The van der Waals surface area contributed by atoms with Gasteiger partial charge in [-0.3, -0.25) is 14.9 Å². The molecule has 0 heterocycles. The average molecular weight is 277 g/mol. The Morgan fingerprint density at radius 2 is 2.20 bits per heavy atom. The molecule has 0 spiro atoms. The van der Waals surface area contributed by atoms with Crippen LogP contribution in [-0.4, -0.2) is 31.5 Å². The molecular formula is C14H19N3O3. The van der Waals surface area contributed by atoms with Crippen molar-refractivity contribution in [3.63, 3.8) is 0 Å². The summed E-state index contributed by atoms with van der Waals surface area (Å²) < 4.78 is 0. The second kappa shape index (κ2) is 5.90. The predicted octanol–water partition coefficient (Wildman–Crippen LogP) is 2.19. The Hall–Kier alpha value is -2.11. The Morgan fingerprint density at radius 1 is 1.50 bits per heavy atom. The van der Waals surface area contributed by atoms with Crippen LogP contribution < -0.4 is 10.2 Å². The highest BCUT2D eigenvalue weighted by Crippen LogP contribution is 2.34. The number of nitrogens with zero attached hydrogens (tertiary/aromatic N) is 2. The molecule has 0 atom stereocenters. The molecule has 2 rings (SSSR count). The smallest absolute Gasteiger partial charge is 0.293 e. The van der Waals surface area contributed by atoms with E-state index in [1.165, 1.54) is 26.0 Å². The SMILES string of the molecule is CNC(=O)c1ccc(N(C)CCC2CC2)c([N+](=O)[O-])c1. The lowest BCUT2D eigenvalue weighted by Gasteiger charge is -2.19. The van der Waals surface area contributed by atoms with E-state index in [1.807, 2.05) is 11.9 Å². The number of carbonyl (C=O) groups is 1. The molecule has 0 bridgehead atoms. The molecule has 6 heteroatoms. The van der Waals surface area contributed by atoms with Crippen LogP contribution in [0.3, 0.4) is 0 Å². The third-order valence-corrected chi connectivity index (χ3v) is 3.64. The molecule has 6 nitrogen and oxygen atoms in total. The van der Waals surface area contributed by atoms with Crippen molar-refractivity contribution >= 4 is 17.3 Å². The quantitative estimate of drug-likeness (QED) is 0.639. The molecule has 1 saturated carbocycles. The van der Waals surface area contributed by atoms with Crippen molar-refractivity contribution in [3.05, 3.63) is 33.9 Å². The van der Waals surface area contributed by atoms with Crippen LogP contribution in [0.2, 0.25) is 0 Å². The van der Waals surface area contributed by atoms with Crippen LogP contribution in [0.5, 0.6) is 0 Å². The van der Waals surface area contributed by atoms with E-state index in [4.69, 9.17) is 0 Å². The molecule has 108 valence electrons. The van der Waals surface area contributed by atoms with E-state index in [9.17, 15) is 14.9 Å². The zero-order valence-electron chi connectivity index (χ0n) is 11.8. The first-order valence-corrected chi connectivity index (χ1v) is 6.74. The van der Waals surface area contributed by atoms with Crippen molar-refractivity contribution in [1.82, 2.24) is 5.32 Å². The number of nitro groups is 1. The second-order valence-electron chi connectivity index (χ2n) is 5.19. The van der Waals surface area contributed by atoms with Crippen LogP contribution in [0.15, 0.2) is 18.2 Å². The fourth-order valence-corrected chi connectivity index (χ4v) is 2.18. The Balaban J connectivity index is 2.21. The third-order valence-electron chi connectivity index (χ3n) is 3.64. The second-order valence-corrected chi connectivity index (χ2v) is 5.19. The summed E-state index contributed by atoms with van der Waals surface area (Å²) in [5.41, 5.74) is 0.839. The highest BCUT2D eigenvalue weighted by Gasteiger charge is 2.24. The maximum atomic E-state index is 11.5. The van der Waals surface area contributed by atoms with Crippen LogP contribution in [0.1, 0.15) is 29.6 Å². The molecular weight excluding hydrogens is 258 g/mol. The highest BCUT2D eigenvalue weighted by atomic mass is 16.6. The highest BCUT2D eigenvalue weighted by molar-refractivity contribution is 5.95. The number of hydrogen-bond donors (Lipinski definition) is 1. The van der Waals surface area contributed by atoms with Gasteiger partial charge in [0.1, 0.15) is 5.69 Å². The monoisotopic (exact) mass is 277 g/mol. The normalized spacial score (nSPS) is 13.9. The lowest BCUT2D eigenvalue weighted by atomic mass is 10.1. The van der Waals surface area contributed by atoms with E-state index in [-0.39, 0.29) is 11.6 Å². The van der Waals surface area contributed by atoms with E-state index in [0.717, 1.165) is 18.9 Å². The standard InChI is InChI=1S/C14H19N3O3/c1-15-14(18)11-5-6-12(13(9-11)17(19)20)16(2)8-7-10-3-4-10/h5-6,9-10H,3-4,7-8H2,1-2H3,(H,15,18). The first kappa shape index (κ1) is 14.3. The molecule has 0 saturated heterocycles. The van der Waals surface area contributed by atoms with Gasteiger partial charge in [-0.2, -0.15) is 0 Å². The summed E-state index contributed by atoms with van der Waals surface area (Å²) >= 11 is 0. The number of amides is 1. The largest absolute Gasteiger partial charge is 0.369 e. The van der Waals surface area contributed by atoms with Gasteiger partial charge < -0.3 is 10.2 Å². The number of carbonyl (C=O) groups excluding carboxylic acids is 1. The van der Waals surface area contributed by atoms with Crippen molar-refractivity contribution in [2.24, 2.45) is 5.92 Å². The molecule has 20 heavy (non-hydrogen) atoms. The van der Waals surface area contributed by atoms with Gasteiger partial charge in [-0.25, -0.2) is 0 Å². The van der Waals surface area contributed by atoms with Gasteiger partial charge in [-0.15, -0.1) is 0 Å². The summed E-state index contributed by atoms with van der Waals surface area (Å²) in [4.78, 5) is 24.2. The third kappa shape index (κ3) is 3.26. The molecule has 1 aliphatic carbocycles. The maximum Gasteiger partial charge on any atom is 0.293 e. The zero-order valence-corrected chi connectivity index (χ0v) is 11.8. The van der Waals surface area contributed by atoms with Crippen LogP contribution in [0.25, 0.3) is 0 Å². The molecule has 1 aliphatic rings. The van der Waals surface area contributed by atoms with E-state index in [2.05, 4.69) is 5.32 Å². The number of benzene rings is 1. The van der Waals surface area contributed by atoms with Gasteiger partial charge in [0.05, 0.1) is 4.92 Å². The van der Waals surface area contributed by atoms with Crippen LogP contribution in [0.4, 0.5) is 11.4 Å². The summed E-state index contributed by atoms with van der Waals surface area (Å²) in [6.07, 6.45) is 3.60. The van der Waals surface area contributed by atoms with Gasteiger partial charge in [0.2, 0.25) is 0 Å². The van der Waals surface area contributed by atoms with E-state index < -0.39 is 4.92 Å². The number of nitrogens with one attached hydrogen (secondary N) is 1. The number of rotatable bonds is 6. The molecule has 0 aliphatic heterocycles. The van der Waals surface area contributed by atoms with Gasteiger partial charge in [-0.1, -0.05) is 12.8 Å². The summed E-state index contributed by atoms with van der Waals surface area (Å²) in [6, 6.07) is 4.60. The average Bonchev–Trinajstić information content (AvgIpc) is 3.27. The van der Waals surface area contributed by atoms with Crippen LogP contribution in [-0.2, 0) is 0 Å². The predicted molar refractivity (Wildman–Crippen MR) is 77.1 cm³/mol. The molecule has 1 aromatic rings. The Morgan fingerprint density at radius 3 is 2.75 bits per heavy atom. The minimum absolute atomic E-state index is 0.0237. The van der Waals surface area contributed by atoms with Crippen molar-refractivity contribution < 1.29 is 9.72 Å². The van der Waals surface area contributed by atoms with Crippen LogP contribution >= 0.6 is 0 Å². The van der Waals surface area contributed by atoms with Crippen molar-refractivity contribution in [2.45, 2.75) is 19.3 Å². The van der Waals surface area contributed by atoms with Crippen LogP contribution in [0, 0.1) is 16.0 Å². The summed E-state index contributed by atoms with van der Waals surface area (Å²) in [5.74, 6) is 0.460. The van der Waals surface area contributed by atoms with Gasteiger partial charge in [0.25, 0.3) is 11.6 Å². The lowest BCUT2D eigenvalue weighted by molar-refractivity contribution is -0.384. The molecule has 0 radical (unpaired) electrons. The summed E-state index contributed by atoms with van der Waals surface area (Å²) in [6.45, 7) is 0.796. The molecule has 0 unspecified atom stereocenters. The maximum absolute atomic E-state index is 11.5. The van der Waals surface area contributed by atoms with E-state index in [1.54, 1.807) is 12.1 Å². The van der Waals surface area contributed by atoms with Crippen molar-refractivity contribution in [2.75, 3.05) is 25.5 Å². The lowest BCUT2D eigenvalue weighted by Crippen LogP contribution is -2.21. The summed E-state index contributed by atoms with van der Waals surface area (Å²) in [5, 5.41) is 13.7. The van der Waals surface area contributed by atoms with Crippen molar-refractivity contribution in [3.8, 4) is 0 Å². The first-order chi connectivity index (χ1) is 9.52. The minimum atomic E-state index is -0.435. The Bertz CT molecular complexity index is 526. The van der Waals surface area contributed by atoms with E-state index in [0.29, 0.717) is 11.3 Å². The van der Waals surface area contributed by atoms with Crippen molar-refractivity contribution in [1.29, 1.82) is 0 Å². The van der Waals surface area contributed by atoms with E-state index >= 15 is 0 Å². The van der Waals surface area contributed by atoms with Gasteiger partial charge in [0, 0.05) is 32.3 Å². The molecule has 1 N–H and O–H groups in total. The summed E-state index contributed by atoms with van der Waals surface area (Å²) in [7, 11) is 3.36. The number of anilines is 1. The van der Waals surface area contributed by atoms with Gasteiger partial charge in [-0.05, 0) is 24.5 Å². The Kier molecular flexibility index (Phi) is 4.22. The fraction of sp³-hybridized carbons (Fsp3) is 0.500. The van der Waals surface area contributed by atoms with Gasteiger partial charge >= 0.3 is 0 Å². The Labute approximate surface area is 117 Å². The molecule has 0 aromatic heterocycles. The first-order valence-electron chi connectivity index (χ1n) is 6.74. The minimum Gasteiger partial charge on any atom is -0.369 e. The zero-order chi connectivity index (χ0) is 14.7. The number of hydrogen-bond acceptors (Lipinski definition) is 4. The number of nitro benzene ring substituents is 1. The topological polar surface area (TPSA) is 75.5 Å². The molecule has 1 aromatic carbocycles. The molecule has 1 amide bonds. The molecule has 1 fully saturated rings. The van der Waals surface area contributed by atoms with Gasteiger partial charge in [0.15, 0.2) is 0 Å².